The van der Waals surface area contributed by atoms with Crippen molar-refractivity contribution in [2.75, 3.05) is 0 Å². The molecule has 0 radical (unpaired) electrons. The van der Waals surface area contributed by atoms with Gasteiger partial charge in [0.2, 0.25) is 0 Å². The summed E-state index contributed by atoms with van der Waals surface area (Å²) in [6, 6.07) is 2.82. The third-order valence-electron chi connectivity index (χ3n) is 5.16. The molecule has 22 heavy (non-hydrogen) atoms. The third-order valence-corrected chi connectivity index (χ3v) is 5.16. The van der Waals surface area contributed by atoms with Gasteiger partial charge in [-0.2, -0.15) is 0 Å². The molecule has 0 spiro atoms. The normalized spacial score (nSPS) is 18.9. The van der Waals surface area contributed by atoms with Crippen LogP contribution >= 0.6 is 0 Å². The SMILES string of the molecule is CC(C)Cn1c2c(cc(CNC3CCCC3)c1=O)CCCC2. The molecular weight excluding hydrogens is 272 g/mol. The quantitative estimate of drug-likeness (QED) is 0.904. The van der Waals surface area contributed by atoms with Crippen molar-refractivity contribution in [1.82, 2.24) is 9.88 Å². The molecule has 1 N–H and O–H groups in total. The van der Waals surface area contributed by atoms with Crippen LogP contribution in [0, 0.1) is 5.92 Å². The predicted octanol–water partition coefficient (Wildman–Crippen LogP) is 3.42. The van der Waals surface area contributed by atoms with Gasteiger partial charge in [-0.3, -0.25) is 4.79 Å². The van der Waals surface area contributed by atoms with Crippen molar-refractivity contribution in [1.29, 1.82) is 0 Å². The zero-order valence-corrected chi connectivity index (χ0v) is 14.2. The van der Waals surface area contributed by atoms with E-state index < -0.39 is 0 Å². The van der Waals surface area contributed by atoms with Gasteiger partial charge in [0.1, 0.15) is 0 Å². The largest absolute Gasteiger partial charge is 0.312 e. The number of pyridine rings is 1. The van der Waals surface area contributed by atoms with Gasteiger partial charge in [0.05, 0.1) is 0 Å². The molecule has 1 saturated carbocycles. The van der Waals surface area contributed by atoms with Crippen LogP contribution in [0.1, 0.15) is 69.2 Å². The number of rotatable bonds is 5. The van der Waals surface area contributed by atoms with Crippen molar-refractivity contribution in [3.05, 3.63) is 33.2 Å². The number of nitrogens with zero attached hydrogens (tertiary/aromatic N) is 1. The lowest BCUT2D eigenvalue weighted by atomic mass is 9.94. The Morgan fingerprint density at radius 2 is 1.91 bits per heavy atom. The van der Waals surface area contributed by atoms with Crippen LogP contribution in [0.5, 0.6) is 0 Å². The Kier molecular flexibility index (Phi) is 5.02. The molecule has 0 aromatic carbocycles. The molecule has 3 heteroatoms. The van der Waals surface area contributed by atoms with Crippen LogP contribution in [0.25, 0.3) is 0 Å². The number of aryl methyl sites for hydroxylation is 1. The van der Waals surface area contributed by atoms with Gasteiger partial charge in [-0.25, -0.2) is 0 Å². The van der Waals surface area contributed by atoms with Crippen molar-refractivity contribution >= 4 is 0 Å². The predicted molar refractivity (Wildman–Crippen MR) is 91.3 cm³/mol. The highest BCUT2D eigenvalue weighted by atomic mass is 16.1. The highest BCUT2D eigenvalue weighted by Gasteiger charge is 2.19. The molecule has 2 aliphatic rings. The second-order valence-corrected chi connectivity index (χ2v) is 7.52. The van der Waals surface area contributed by atoms with Crippen LogP contribution in [0.2, 0.25) is 0 Å². The Bertz CT molecular complexity index is 568. The van der Waals surface area contributed by atoms with E-state index in [0.29, 0.717) is 12.0 Å². The highest BCUT2D eigenvalue weighted by molar-refractivity contribution is 5.29. The summed E-state index contributed by atoms with van der Waals surface area (Å²) in [5.41, 5.74) is 3.97. The maximum Gasteiger partial charge on any atom is 0.255 e. The fourth-order valence-electron chi connectivity index (χ4n) is 4.01. The first-order chi connectivity index (χ1) is 10.6. The molecule has 3 nitrogen and oxygen atoms in total. The fourth-order valence-corrected chi connectivity index (χ4v) is 4.01. The van der Waals surface area contributed by atoms with Gasteiger partial charge >= 0.3 is 0 Å². The third kappa shape index (κ3) is 3.45. The van der Waals surface area contributed by atoms with E-state index in [-0.39, 0.29) is 5.56 Å². The van der Waals surface area contributed by atoms with Gasteiger partial charge in [-0.15, -0.1) is 0 Å². The van der Waals surface area contributed by atoms with Crippen LogP contribution in [0.3, 0.4) is 0 Å². The first-order valence-corrected chi connectivity index (χ1v) is 9.13. The minimum Gasteiger partial charge on any atom is -0.312 e. The Balaban J connectivity index is 1.86. The summed E-state index contributed by atoms with van der Waals surface area (Å²) in [5.74, 6) is 0.516. The summed E-state index contributed by atoms with van der Waals surface area (Å²) in [4.78, 5) is 12.9. The molecule has 0 aliphatic heterocycles. The molecule has 1 aromatic rings. The smallest absolute Gasteiger partial charge is 0.255 e. The molecule has 0 unspecified atom stereocenters. The summed E-state index contributed by atoms with van der Waals surface area (Å²) in [6.45, 7) is 6.00. The van der Waals surface area contributed by atoms with Crippen LogP contribution in [-0.4, -0.2) is 10.6 Å². The molecule has 3 rings (SSSR count). The zero-order chi connectivity index (χ0) is 15.5. The number of aromatic nitrogens is 1. The molecule has 1 fully saturated rings. The summed E-state index contributed by atoms with van der Waals surface area (Å²) in [6.07, 6.45) is 9.92. The van der Waals surface area contributed by atoms with Gasteiger partial charge < -0.3 is 9.88 Å². The maximum absolute atomic E-state index is 12.9. The van der Waals surface area contributed by atoms with Gasteiger partial charge in [-0.1, -0.05) is 26.7 Å². The zero-order valence-electron chi connectivity index (χ0n) is 14.2. The van der Waals surface area contributed by atoms with Crippen molar-refractivity contribution in [2.45, 2.75) is 84.3 Å². The molecule has 2 aliphatic carbocycles. The van der Waals surface area contributed by atoms with Crippen LogP contribution in [-0.2, 0) is 25.9 Å². The highest BCUT2D eigenvalue weighted by Crippen LogP contribution is 2.22. The first kappa shape index (κ1) is 15.8. The van der Waals surface area contributed by atoms with E-state index in [1.54, 1.807) is 0 Å². The first-order valence-electron chi connectivity index (χ1n) is 9.13. The van der Waals surface area contributed by atoms with E-state index in [1.807, 2.05) is 0 Å². The van der Waals surface area contributed by atoms with Gasteiger partial charge in [-0.05, 0) is 56.1 Å². The Labute approximate surface area is 134 Å². The van der Waals surface area contributed by atoms with Crippen LogP contribution < -0.4 is 10.9 Å². The summed E-state index contributed by atoms with van der Waals surface area (Å²) in [7, 11) is 0. The Morgan fingerprint density at radius 1 is 1.18 bits per heavy atom. The van der Waals surface area contributed by atoms with Gasteiger partial charge in [0.15, 0.2) is 0 Å². The Morgan fingerprint density at radius 3 is 2.64 bits per heavy atom. The van der Waals surface area contributed by atoms with Crippen LogP contribution in [0.4, 0.5) is 0 Å². The van der Waals surface area contributed by atoms with Crippen molar-refractivity contribution < 1.29 is 0 Å². The van der Waals surface area contributed by atoms with Crippen molar-refractivity contribution in [2.24, 2.45) is 5.92 Å². The molecular formula is C19H30N2O. The lowest BCUT2D eigenvalue weighted by molar-refractivity contribution is 0.470. The minimum absolute atomic E-state index is 0.250. The van der Waals surface area contributed by atoms with Crippen molar-refractivity contribution in [3.8, 4) is 0 Å². The van der Waals surface area contributed by atoms with E-state index >= 15 is 0 Å². The van der Waals surface area contributed by atoms with E-state index in [9.17, 15) is 4.79 Å². The molecule has 1 aromatic heterocycles. The molecule has 0 amide bonds. The number of hydrogen-bond donors (Lipinski definition) is 1. The number of fused-ring (bicyclic) bond motifs is 1. The number of nitrogens with one attached hydrogen (secondary N) is 1. The van der Waals surface area contributed by atoms with Crippen LogP contribution in [0.15, 0.2) is 10.9 Å². The van der Waals surface area contributed by atoms with Gasteiger partial charge in [0, 0.05) is 30.4 Å². The standard InChI is InChI=1S/C19H30N2O/c1-14(2)13-21-18-10-6-3-7-15(18)11-16(19(21)22)12-20-17-8-4-5-9-17/h11,14,17,20H,3-10,12-13H2,1-2H3. The van der Waals surface area contributed by atoms with E-state index in [0.717, 1.165) is 31.5 Å². The topological polar surface area (TPSA) is 34.0 Å². The van der Waals surface area contributed by atoms with E-state index in [1.165, 1.54) is 49.8 Å². The van der Waals surface area contributed by atoms with E-state index in [4.69, 9.17) is 0 Å². The second-order valence-electron chi connectivity index (χ2n) is 7.52. The lowest BCUT2D eigenvalue weighted by Gasteiger charge is -2.24. The summed E-state index contributed by atoms with van der Waals surface area (Å²) >= 11 is 0. The van der Waals surface area contributed by atoms with Gasteiger partial charge in [0.25, 0.3) is 5.56 Å². The summed E-state index contributed by atoms with van der Waals surface area (Å²) < 4.78 is 2.09. The molecule has 0 saturated heterocycles. The number of hydrogen-bond acceptors (Lipinski definition) is 2. The molecule has 1 heterocycles. The van der Waals surface area contributed by atoms with Crippen molar-refractivity contribution in [3.63, 3.8) is 0 Å². The second kappa shape index (κ2) is 6.99. The fraction of sp³-hybridized carbons (Fsp3) is 0.737. The Hall–Kier alpha value is -1.09. The lowest BCUT2D eigenvalue weighted by Crippen LogP contribution is -2.34. The summed E-state index contributed by atoms with van der Waals surface area (Å²) in [5, 5.41) is 3.61. The minimum atomic E-state index is 0.250. The maximum atomic E-state index is 12.9. The monoisotopic (exact) mass is 302 g/mol. The average molecular weight is 302 g/mol. The molecule has 0 bridgehead atoms. The average Bonchev–Trinajstić information content (AvgIpc) is 3.01. The molecule has 0 atom stereocenters. The molecule has 122 valence electrons. The van der Waals surface area contributed by atoms with E-state index in [2.05, 4.69) is 29.8 Å².